The van der Waals surface area contributed by atoms with Gasteiger partial charge in [0.2, 0.25) is 5.75 Å². The Bertz CT molecular complexity index is 903. The van der Waals surface area contributed by atoms with Crippen molar-refractivity contribution in [1.29, 1.82) is 0 Å². The zero-order valence-corrected chi connectivity index (χ0v) is 18.0. The average molecular weight is 454 g/mol. The van der Waals surface area contributed by atoms with Crippen molar-refractivity contribution in [2.24, 2.45) is 0 Å². The van der Waals surface area contributed by atoms with Crippen LogP contribution in [0.3, 0.4) is 0 Å². The first-order chi connectivity index (χ1) is 15.2. The maximum absolute atomic E-state index is 12.7. The van der Waals surface area contributed by atoms with Crippen LogP contribution >= 0.6 is 0 Å². The summed E-state index contributed by atoms with van der Waals surface area (Å²) in [5, 5.41) is 4.49. The zero-order valence-electron chi connectivity index (χ0n) is 18.0. The molecule has 0 radical (unpaired) electrons. The fraction of sp³-hybridized carbons (Fsp3) is 0.364. The first-order valence-electron chi connectivity index (χ1n) is 10.0. The molecule has 2 amide bonds. The quantitative estimate of drug-likeness (QED) is 0.559. The number of nitrogens with one attached hydrogen (secondary N) is 2. The van der Waals surface area contributed by atoms with Gasteiger partial charge in [-0.1, -0.05) is 12.1 Å². The number of carbonyl (C=O) groups is 2. The van der Waals surface area contributed by atoms with Crippen molar-refractivity contribution in [2.45, 2.75) is 33.5 Å². The van der Waals surface area contributed by atoms with E-state index in [-0.39, 0.29) is 12.2 Å². The second-order valence-corrected chi connectivity index (χ2v) is 6.43. The highest BCUT2D eigenvalue weighted by Crippen LogP contribution is 2.39. The predicted molar refractivity (Wildman–Crippen MR) is 112 cm³/mol. The van der Waals surface area contributed by atoms with E-state index in [2.05, 4.69) is 5.32 Å². The highest BCUT2D eigenvalue weighted by Gasteiger charge is 2.38. The molecule has 0 saturated heterocycles. The fourth-order valence-corrected chi connectivity index (χ4v) is 2.71. The van der Waals surface area contributed by atoms with E-state index in [9.17, 15) is 22.8 Å². The van der Waals surface area contributed by atoms with E-state index in [1.165, 1.54) is 24.3 Å². The molecule has 0 atom stereocenters. The molecule has 2 rings (SSSR count). The van der Waals surface area contributed by atoms with Crippen LogP contribution < -0.4 is 24.8 Å². The third-order valence-electron chi connectivity index (χ3n) is 4.09. The molecule has 0 saturated carbocycles. The van der Waals surface area contributed by atoms with Crippen LogP contribution in [-0.4, -0.2) is 37.8 Å². The maximum Gasteiger partial charge on any atom is 0.471 e. The molecule has 10 heteroatoms. The summed E-state index contributed by atoms with van der Waals surface area (Å²) < 4.78 is 53.8. The Labute approximate surface area is 183 Å². The highest BCUT2D eigenvalue weighted by atomic mass is 19.4. The summed E-state index contributed by atoms with van der Waals surface area (Å²) in [6.07, 6.45) is -4.97. The fourth-order valence-electron chi connectivity index (χ4n) is 2.71. The summed E-state index contributed by atoms with van der Waals surface area (Å²) >= 11 is 0. The van der Waals surface area contributed by atoms with Crippen molar-refractivity contribution in [2.75, 3.05) is 25.1 Å². The third-order valence-corrected chi connectivity index (χ3v) is 4.09. The Morgan fingerprint density at radius 3 is 1.88 bits per heavy atom. The third kappa shape index (κ3) is 6.79. The van der Waals surface area contributed by atoms with Gasteiger partial charge in [-0.2, -0.15) is 13.2 Å². The minimum atomic E-state index is -4.97. The number of hydrogen-bond acceptors (Lipinski definition) is 5. The van der Waals surface area contributed by atoms with Crippen molar-refractivity contribution >= 4 is 17.5 Å². The lowest BCUT2D eigenvalue weighted by Gasteiger charge is -2.17. The number of rotatable bonds is 10. The van der Waals surface area contributed by atoms with Crippen molar-refractivity contribution in [1.82, 2.24) is 5.32 Å². The molecule has 0 aromatic heterocycles. The molecule has 2 aromatic rings. The van der Waals surface area contributed by atoms with Gasteiger partial charge in [0.15, 0.2) is 11.5 Å². The lowest BCUT2D eigenvalue weighted by Crippen LogP contribution is -2.29. The van der Waals surface area contributed by atoms with Gasteiger partial charge >= 0.3 is 12.1 Å². The van der Waals surface area contributed by atoms with Crippen molar-refractivity contribution in [3.05, 3.63) is 47.5 Å². The molecule has 0 heterocycles. The number of ether oxygens (including phenoxy) is 3. The van der Waals surface area contributed by atoms with Crippen LogP contribution in [0.5, 0.6) is 17.2 Å². The van der Waals surface area contributed by atoms with E-state index in [0.29, 0.717) is 48.2 Å². The van der Waals surface area contributed by atoms with Crippen molar-refractivity contribution in [3.63, 3.8) is 0 Å². The molecule has 2 aromatic carbocycles. The Hall–Kier alpha value is -3.43. The molecule has 0 aliphatic carbocycles. The largest absolute Gasteiger partial charge is 0.490 e. The van der Waals surface area contributed by atoms with Gasteiger partial charge in [-0.05, 0) is 50.6 Å². The van der Waals surface area contributed by atoms with E-state index in [1.54, 1.807) is 17.4 Å². The Morgan fingerprint density at radius 2 is 1.41 bits per heavy atom. The smallest absolute Gasteiger partial charge is 0.471 e. The first kappa shape index (κ1) is 24.8. The lowest BCUT2D eigenvalue weighted by molar-refractivity contribution is -0.167. The number of alkyl halides is 3. The standard InChI is InChI=1S/C22H25F3N2O5/c1-4-30-17-11-15(12-18(31-5-2)19(17)32-6-3)20(28)26-13-14-7-9-16(10-8-14)27-21(29)22(23,24)25/h7-12H,4-6,13H2,1-3H3,(H,26,28)(H,27,29). The average Bonchev–Trinajstić information content (AvgIpc) is 2.74. The minimum absolute atomic E-state index is 0.00312. The molecule has 0 fully saturated rings. The SMILES string of the molecule is CCOc1cc(C(=O)NCc2ccc(NC(=O)C(F)(F)F)cc2)cc(OCC)c1OCC. The van der Waals surface area contributed by atoms with Gasteiger partial charge in [0, 0.05) is 17.8 Å². The van der Waals surface area contributed by atoms with Gasteiger partial charge in [0.1, 0.15) is 0 Å². The summed E-state index contributed by atoms with van der Waals surface area (Å²) in [6.45, 7) is 6.69. The van der Waals surface area contributed by atoms with Gasteiger partial charge in [-0.15, -0.1) is 0 Å². The van der Waals surface area contributed by atoms with E-state index in [1.807, 2.05) is 20.8 Å². The first-order valence-corrected chi connectivity index (χ1v) is 10.0. The Kier molecular flexibility index (Phi) is 8.74. The summed E-state index contributed by atoms with van der Waals surface area (Å²) in [4.78, 5) is 23.7. The maximum atomic E-state index is 12.7. The molecule has 174 valence electrons. The van der Waals surface area contributed by atoms with Crippen LogP contribution in [0.2, 0.25) is 0 Å². The number of halogens is 3. The van der Waals surface area contributed by atoms with Crippen LogP contribution in [0.25, 0.3) is 0 Å². The normalized spacial score (nSPS) is 10.9. The molecule has 0 aliphatic heterocycles. The van der Waals surface area contributed by atoms with Crippen molar-refractivity contribution in [3.8, 4) is 17.2 Å². The summed E-state index contributed by atoms with van der Waals surface area (Å²) in [6, 6.07) is 8.76. The van der Waals surface area contributed by atoms with E-state index in [4.69, 9.17) is 14.2 Å². The van der Waals surface area contributed by atoms with Crippen LogP contribution in [-0.2, 0) is 11.3 Å². The summed E-state index contributed by atoms with van der Waals surface area (Å²) in [5.41, 5.74) is 0.926. The number of carbonyl (C=O) groups excluding carboxylic acids is 2. The molecule has 32 heavy (non-hydrogen) atoms. The minimum Gasteiger partial charge on any atom is -0.490 e. The number of anilines is 1. The topological polar surface area (TPSA) is 85.9 Å². The number of amides is 2. The van der Waals surface area contributed by atoms with Crippen LogP contribution in [0.15, 0.2) is 36.4 Å². The summed E-state index contributed by atoms with van der Waals surface area (Å²) in [7, 11) is 0. The summed E-state index contributed by atoms with van der Waals surface area (Å²) in [5.74, 6) is -1.26. The molecule has 0 bridgehead atoms. The van der Waals surface area contributed by atoms with Gasteiger partial charge in [0.25, 0.3) is 5.91 Å². The second-order valence-electron chi connectivity index (χ2n) is 6.43. The van der Waals surface area contributed by atoms with E-state index >= 15 is 0 Å². The van der Waals surface area contributed by atoms with E-state index in [0.717, 1.165) is 0 Å². The second kappa shape index (κ2) is 11.3. The van der Waals surface area contributed by atoms with Gasteiger partial charge in [-0.25, -0.2) is 0 Å². The Balaban J connectivity index is 2.11. The highest BCUT2D eigenvalue weighted by molar-refractivity contribution is 5.96. The number of benzene rings is 2. The lowest BCUT2D eigenvalue weighted by atomic mass is 10.1. The molecule has 0 unspecified atom stereocenters. The monoisotopic (exact) mass is 454 g/mol. The van der Waals surface area contributed by atoms with Gasteiger partial charge < -0.3 is 24.8 Å². The molecule has 0 aliphatic rings. The Morgan fingerprint density at radius 1 is 0.875 bits per heavy atom. The van der Waals surface area contributed by atoms with Crippen molar-refractivity contribution < 1.29 is 37.0 Å². The predicted octanol–water partition coefficient (Wildman–Crippen LogP) is 4.31. The molecule has 2 N–H and O–H groups in total. The van der Waals surface area contributed by atoms with Crippen LogP contribution in [0, 0.1) is 0 Å². The molecule has 0 spiro atoms. The van der Waals surface area contributed by atoms with Gasteiger partial charge in [-0.3, -0.25) is 9.59 Å². The van der Waals surface area contributed by atoms with E-state index < -0.39 is 18.0 Å². The zero-order chi connectivity index (χ0) is 23.7. The molecular weight excluding hydrogens is 429 g/mol. The number of hydrogen-bond donors (Lipinski definition) is 2. The van der Waals surface area contributed by atoms with Crippen LogP contribution in [0.4, 0.5) is 18.9 Å². The molecule has 7 nitrogen and oxygen atoms in total. The van der Waals surface area contributed by atoms with Gasteiger partial charge in [0.05, 0.1) is 19.8 Å². The molecular formula is C22H25F3N2O5. The van der Waals surface area contributed by atoms with Crippen LogP contribution in [0.1, 0.15) is 36.7 Å².